The highest BCUT2D eigenvalue weighted by molar-refractivity contribution is 6.01. The monoisotopic (exact) mass is 265 g/mol. The second-order valence-electron chi connectivity index (χ2n) is 5.73. The average Bonchev–Trinajstić information content (AvgIpc) is 2.99. The molecule has 0 spiro atoms. The van der Waals surface area contributed by atoms with Crippen molar-refractivity contribution in [2.75, 3.05) is 32.9 Å². The molecule has 4 heteroatoms. The van der Waals surface area contributed by atoms with Gasteiger partial charge in [0.05, 0.1) is 25.4 Å². The molecule has 1 saturated carbocycles. The van der Waals surface area contributed by atoms with E-state index in [4.69, 9.17) is 9.47 Å². The number of ketones is 1. The van der Waals surface area contributed by atoms with E-state index in [9.17, 15) is 4.79 Å². The van der Waals surface area contributed by atoms with E-state index in [1.165, 1.54) is 0 Å². The zero-order chi connectivity index (χ0) is 13.1. The van der Waals surface area contributed by atoms with Crippen LogP contribution in [0.1, 0.15) is 38.5 Å². The van der Waals surface area contributed by atoms with Gasteiger partial charge in [0.1, 0.15) is 0 Å². The summed E-state index contributed by atoms with van der Waals surface area (Å²) in [6.07, 6.45) is 8.25. The molecule has 4 nitrogen and oxygen atoms in total. The molecule has 1 aliphatic carbocycles. The van der Waals surface area contributed by atoms with Crippen LogP contribution in [0.15, 0.2) is 11.8 Å². The molecular formula is C15H23NO3. The van der Waals surface area contributed by atoms with Crippen LogP contribution in [0.2, 0.25) is 0 Å². The standard InChI is InChI=1S/C15H23NO3/c17-14(13-5-1-4-10-19-13)15(6-2-3-7-15)16-8-11-18-12-9-16/h5H,1-4,6-12H2. The fourth-order valence-corrected chi connectivity index (χ4v) is 3.58. The lowest BCUT2D eigenvalue weighted by atomic mass is 9.87. The van der Waals surface area contributed by atoms with Crippen LogP contribution in [0.4, 0.5) is 0 Å². The summed E-state index contributed by atoms with van der Waals surface area (Å²) in [5.74, 6) is 0.853. The Bertz CT molecular complexity index is 366. The summed E-state index contributed by atoms with van der Waals surface area (Å²) in [5, 5.41) is 0. The molecule has 2 aliphatic heterocycles. The van der Waals surface area contributed by atoms with E-state index < -0.39 is 0 Å². The Hall–Kier alpha value is -0.870. The van der Waals surface area contributed by atoms with Gasteiger partial charge in [-0.25, -0.2) is 0 Å². The molecule has 0 N–H and O–H groups in total. The summed E-state index contributed by atoms with van der Waals surface area (Å²) < 4.78 is 11.1. The number of morpholine rings is 1. The zero-order valence-corrected chi connectivity index (χ0v) is 11.5. The number of carbonyl (C=O) groups excluding carboxylic acids is 1. The normalized spacial score (nSPS) is 27.7. The first-order valence-electron chi connectivity index (χ1n) is 7.53. The van der Waals surface area contributed by atoms with Crippen molar-refractivity contribution in [3.8, 4) is 0 Å². The van der Waals surface area contributed by atoms with Crippen LogP contribution in [-0.4, -0.2) is 49.1 Å². The van der Waals surface area contributed by atoms with Crippen molar-refractivity contribution in [1.82, 2.24) is 4.90 Å². The van der Waals surface area contributed by atoms with Crippen LogP contribution in [0, 0.1) is 0 Å². The first-order valence-corrected chi connectivity index (χ1v) is 7.53. The van der Waals surface area contributed by atoms with E-state index in [0.717, 1.165) is 64.8 Å². The molecule has 1 saturated heterocycles. The highest BCUT2D eigenvalue weighted by atomic mass is 16.5. The molecule has 106 valence electrons. The zero-order valence-electron chi connectivity index (χ0n) is 11.5. The Balaban J connectivity index is 1.82. The molecule has 0 amide bonds. The molecule has 3 aliphatic rings. The summed E-state index contributed by atoms with van der Waals surface area (Å²) in [4.78, 5) is 15.3. The minimum absolute atomic E-state index is 0.228. The molecule has 3 rings (SSSR count). The lowest BCUT2D eigenvalue weighted by Crippen LogP contribution is -2.57. The van der Waals surface area contributed by atoms with Crippen molar-refractivity contribution in [3.05, 3.63) is 11.8 Å². The van der Waals surface area contributed by atoms with Crippen molar-refractivity contribution in [2.24, 2.45) is 0 Å². The number of nitrogens with zero attached hydrogens (tertiary/aromatic N) is 1. The number of Topliss-reactive ketones (excluding diaryl/α,β-unsaturated/α-hetero) is 1. The van der Waals surface area contributed by atoms with Gasteiger partial charge < -0.3 is 9.47 Å². The molecule has 2 heterocycles. The Labute approximate surface area is 114 Å². The molecule has 0 bridgehead atoms. The van der Waals surface area contributed by atoms with Gasteiger partial charge in [0, 0.05) is 13.1 Å². The summed E-state index contributed by atoms with van der Waals surface area (Å²) >= 11 is 0. The largest absolute Gasteiger partial charge is 0.490 e. The molecule has 19 heavy (non-hydrogen) atoms. The topological polar surface area (TPSA) is 38.8 Å². The SMILES string of the molecule is O=C(C1=CCCCO1)C1(N2CCOCC2)CCCC1. The van der Waals surface area contributed by atoms with Crippen molar-refractivity contribution in [1.29, 1.82) is 0 Å². The van der Waals surface area contributed by atoms with Gasteiger partial charge in [-0.15, -0.1) is 0 Å². The van der Waals surface area contributed by atoms with E-state index in [-0.39, 0.29) is 11.3 Å². The number of rotatable bonds is 3. The Kier molecular flexibility index (Phi) is 3.89. The van der Waals surface area contributed by atoms with E-state index in [1.807, 2.05) is 6.08 Å². The third-order valence-electron chi connectivity index (χ3n) is 4.63. The molecular weight excluding hydrogens is 242 g/mol. The van der Waals surface area contributed by atoms with Crippen molar-refractivity contribution in [2.45, 2.75) is 44.1 Å². The number of carbonyl (C=O) groups is 1. The molecule has 0 aromatic heterocycles. The highest BCUT2D eigenvalue weighted by Crippen LogP contribution is 2.39. The van der Waals surface area contributed by atoms with Crippen LogP contribution in [0.25, 0.3) is 0 Å². The third kappa shape index (κ3) is 2.43. The summed E-state index contributed by atoms with van der Waals surface area (Å²) in [5.41, 5.74) is -0.299. The van der Waals surface area contributed by atoms with Gasteiger partial charge in [0.15, 0.2) is 5.76 Å². The van der Waals surface area contributed by atoms with Gasteiger partial charge in [-0.1, -0.05) is 12.8 Å². The van der Waals surface area contributed by atoms with Crippen LogP contribution >= 0.6 is 0 Å². The Morgan fingerprint density at radius 2 is 1.84 bits per heavy atom. The third-order valence-corrected chi connectivity index (χ3v) is 4.63. The van der Waals surface area contributed by atoms with E-state index >= 15 is 0 Å². The fraction of sp³-hybridized carbons (Fsp3) is 0.800. The first kappa shape index (κ1) is 13.1. The van der Waals surface area contributed by atoms with E-state index in [1.54, 1.807) is 0 Å². The van der Waals surface area contributed by atoms with Crippen molar-refractivity contribution >= 4 is 5.78 Å². The quantitative estimate of drug-likeness (QED) is 0.781. The number of ether oxygens (including phenoxy) is 2. The van der Waals surface area contributed by atoms with E-state index in [0.29, 0.717) is 12.4 Å². The molecule has 0 aromatic carbocycles. The minimum atomic E-state index is -0.299. The number of hydrogen-bond acceptors (Lipinski definition) is 4. The van der Waals surface area contributed by atoms with Gasteiger partial charge in [-0.05, 0) is 31.8 Å². The molecule has 0 radical (unpaired) electrons. The average molecular weight is 265 g/mol. The number of hydrogen-bond donors (Lipinski definition) is 0. The van der Waals surface area contributed by atoms with Gasteiger partial charge in [0.25, 0.3) is 0 Å². The fourth-order valence-electron chi connectivity index (χ4n) is 3.58. The molecule has 0 atom stereocenters. The van der Waals surface area contributed by atoms with Gasteiger partial charge in [-0.2, -0.15) is 0 Å². The van der Waals surface area contributed by atoms with Gasteiger partial charge in [-0.3, -0.25) is 9.69 Å². The predicted octanol–water partition coefficient (Wildman–Crippen LogP) is 1.89. The van der Waals surface area contributed by atoms with Gasteiger partial charge >= 0.3 is 0 Å². The highest BCUT2D eigenvalue weighted by Gasteiger charge is 2.48. The second kappa shape index (κ2) is 5.63. The van der Waals surface area contributed by atoms with Crippen molar-refractivity contribution in [3.63, 3.8) is 0 Å². The second-order valence-corrected chi connectivity index (χ2v) is 5.73. The lowest BCUT2D eigenvalue weighted by Gasteiger charge is -2.42. The predicted molar refractivity (Wildman–Crippen MR) is 71.9 cm³/mol. The Morgan fingerprint density at radius 3 is 2.47 bits per heavy atom. The summed E-state index contributed by atoms with van der Waals surface area (Å²) in [6, 6.07) is 0. The van der Waals surface area contributed by atoms with E-state index in [2.05, 4.69) is 4.90 Å². The summed E-state index contributed by atoms with van der Waals surface area (Å²) in [7, 11) is 0. The molecule has 2 fully saturated rings. The lowest BCUT2D eigenvalue weighted by molar-refractivity contribution is -0.134. The minimum Gasteiger partial charge on any atom is -0.490 e. The van der Waals surface area contributed by atoms with Crippen LogP contribution in [0.5, 0.6) is 0 Å². The van der Waals surface area contributed by atoms with Crippen LogP contribution in [0.3, 0.4) is 0 Å². The maximum Gasteiger partial charge on any atom is 0.217 e. The smallest absolute Gasteiger partial charge is 0.217 e. The van der Waals surface area contributed by atoms with Crippen molar-refractivity contribution < 1.29 is 14.3 Å². The van der Waals surface area contributed by atoms with Crippen LogP contribution < -0.4 is 0 Å². The maximum absolute atomic E-state index is 12.9. The first-order chi connectivity index (χ1) is 9.33. The summed E-state index contributed by atoms with van der Waals surface area (Å²) in [6.45, 7) is 3.93. The number of allylic oxidation sites excluding steroid dienone is 1. The Morgan fingerprint density at radius 1 is 1.11 bits per heavy atom. The molecule has 0 aromatic rings. The maximum atomic E-state index is 12.9. The van der Waals surface area contributed by atoms with Gasteiger partial charge in [0.2, 0.25) is 5.78 Å². The molecule has 0 unspecified atom stereocenters. The van der Waals surface area contributed by atoms with Crippen LogP contribution in [-0.2, 0) is 14.3 Å².